The highest BCUT2D eigenvalue weighted by atomic mass is 32.1. The first kappa shape index (κ1) is 19.6. The van der Waals surface area contributed by atoms with Gasteiger partial charge in [-0.1, -0.05) is 18.2 Å². The van der Waals surface area contributed by atoms with E-state index in [-0.39, 0.29) is 13.2 Å². The molecule has 0 radical (unpaired) electrons. The van der Waals surface area contributed by atoms with Crippen molar-refractivity contribution in [2.24, 2.45) is 0 Å². The normalized spacial score (nSPS) is 11.8. The van der Waals surface area contributed by atoms with Gasteiger partial charge in [0.1, 0.15) is 11.1 Å². The van der Waals surface area contributed by atoms with Crippen molar-refractivity contribution in [1.29, 1.82) is 5.26 Å². The second-order valence-electron chi connectivity index (χ2n) is 6.46. The standard InChI is InChI=1S/C22H19N3O2S2/c23-14-16(22-24-19-3-1-2-4-20(19)29-22)12-18-11-15-5-6-17(13-21(15)28-18)25(7-9-26)8-10-27/h1-6,11-13,26-27H,7-10H2/b16-12+. The number of hydrogen-bond donors (Lipinski definition) is 2. The average molecular weight is 422 g/mol. The first-order chi connectivity index (χ1) is 14.2. The highest BCUT2D eigenvalue weighted by Gasteiger charge is 2.11. The summed E-state index contributed by atoms with van der Waals surface area (Å²) in [5.41, 5.74) is 2.42. The number of thiophene rings is 1. The summed E-state index contributed by atoms with van der Waals surface area (Å²) < 4.78 is 2.16. The van der Waals surface area contributed by atoms with Crippen molar-refractivity contribution in [3.05, 3.63) is 58.4 Å². The SMILES string of the molecule is N#C/C(=C\c1cc2ccc(N(CCO)CCO)cc2s1)c1nc2ccccc2s1. The Morgan fingerprint density at radius 1 is 1.03 bits per heavy atom. The van der Waals surface area contributed by atoms with Gasteiger partial charge < -0.3 is 15.1 Å². The van der Waals surface area contributed by atoms with Crippen molar-refractivity contribution in [3.8, 4) is 6.07 Å². The smallest absolute Gasteiger partial charge is 0.135 e. The number of anilines is 1. The molecule has 0 atom stereocenters. The lowest BCUT2D eigenvalue weighted by molar-refractivity contribution is 0.281. The van der Waals surface area contributed by atoms with E-state index in [1.54, 1.807) is 11.3 Å². The van der Waals surface area contributed by atoms with Crippen molar-refractivity contribution < 1.29 is 10.2 Å². The quantitative estimate of drug-likeness (QED) is 0.433. The number of benzene rings is 2. The van der Waals surface area contributed by atoms with Gasteiger partial charge in [0, 0.05) is 28.4 Å². The molecule has 4 rings (SSSR count). The number of aliphatic hydroxyl groups is 2. The van der Waals surface area contributed by atoms with Crippen molar-refractivity contribution in [3.63, 3.8) is 0 Å². The van der Waals surface area contributed by atoms with Crippen LogP contribution in [0.1, 0.15) is 9.88 Å². The van der Waals surface area contributed by atoms with Gasteiger partial charge >= 0.3 is 0 Å². The van der Waals surface area contributed by atoms with Crippen molar-refractivity contribution in [2.45, 2.75) is 0 Å². The van der Waals surface area contributed by atoms with Crippen molar-refractivity contribution in [1.82, 2.24) is 4.98 Å². The highest BCUT2D eigenvalue weighted by Crippen LogP contribution is 2.33. The minimum Gasteiger partial charge on any atom is -0.395 e. The molecule has 2 N–H and O–H groups in total. The fraction of sp³-hybridized carbons (Fsp3) is 0.182. The molecule has 0 aliphatic heterocycles. The summed E-state index contributed by atoms with van der Waals surface area (Å²) in [6, 6.07) is 18.3. The van der Waals surface area contributed by atoms with E-state index < -0.39 is 0 Å². The Balaban J connectivity index is 1.68. The number of thiazole rings is 1. The molecular formula is C22H19N3O2S2. The number of aliphatic hydroxyl groups excluding tert-OH is 2. The highest BCUT2D eigenvalue weighted by molar-refractivity contribution is 7.20. The lowest BCUT2D eigenvalue weighted by atomic mass is 10.2. The van der Waals surface area contributed by atoms with Gasteiger partial charge in [-0.15, -0.1) is 22.7 Å². The zero-order chi connectivity index (χ0) is 20.2. The van der Waals surface area contributed by atoms with E-state index in [0.717, 1.165) is 35.9 Å². The predicted octanol–water partition coefficient (Wildman–Crippen LogP) is 4.37. The molecule has 2 aromatic carbocycles. The average Bonchev–Trinajstić information content (AvgIpc) is 3.34. The van der Waals surface area contributed by atoms with Gasteiger partial charge in [-0.25, -0.2) is 4.98 Å². The Labute approximate surface area is 176 Å². The number of rotatable bonds is 7. The summed E-state index contributed by atoms with van der Waals surface area (Å²) in [6.07, 6.45) is 1.89. The molecule has 0 saturated heterocycles. The molecule has 0 unspecified atom stereocenters. The first-order valence-electron chi connectivity index (χ1n) is 9.20. The van der Waals surface area contributed by atoms with E-state index in [2.05, 4.69) is 23.2 Å². The van der Waals surface area contributed by atoms with Crippen LogP contribution in [-0.4, -0.2) is 41.5 Å². The van der Waals surface area contributed by atoms with E-state index in [4.69, 9.17) is 0 Å². The fourth-order valence-electron chi connectivity index (χ4n) is 3.19. The van der Waals surface area contributed by atoms with E-state index >= 15 is 0 Å². The third-order valence-electron chi connectivity index (χ3n) is 4.56. The molecule has 0 spiro atoms. The summed E-state index contributed by atoms with van der Waals surface area (Å²) in [4.78, 5) is 7.54. The van der Waals surface area contributed by atoms with Crippen LogP contribution in [0.2, 0.25) is 0 Å². The Kier molecular flexibility index (Phi) is 5.88. The Morgan fingerprint density at radius 2 is 1.83 bits per heavy atom. The Bertz CT molecular complexity index is 1180. The number of para-hydroxylation sites is 1. The van der Waals surface area contributed by atoms with Crippen LogP contribution < -0.4 is 4.90 Å². The lowest BCUT2D eigenvalue weighted by Gasteiger charge is -2.22. The van der Waals surface area contributed by atoms with Crippen LogP contribution >= 0.6 is 22.7 Å². The number of hydrogen-bond acceptors (Lipinski definition) is 7. The van der Waals surface area contributed by atoms with E-state index in [0.29, 0.717) is 18.7 Å². The summed E-state index contributed by atoms with van der Waals surface area (Å²) in [5.74, 6) is 0. The summed E-state index contributed by atoms with van der Waals surface area (Å²) in [7, 11) is 0. The zero-order valence-corrected chi connectivity index (χ0v) is 17.2. The molecule has 0 aliphatic carbocycles. The van der Waals surface area contributed by atoms with Crippen LogP contribution in [0.15, 0.2) is 48.5 Å². The van der Waals surface area contributed by atoms with Crippen molar-refractivity contribution >= 4 is 60.3 Å². The molecular weight excluding hydrogens is 402 g/mol. The minimum atomic E-state index is 0.0319. The van der Waals surface area contributed by atoms with E-state index in [1.807, 2.05) is 47.4 Å². The largest absolute Gasteiger partial charge is 0.395 e. The molecule has 0 fully saturated rings. The van der Waals surface area contributed by atoms with Gasteiger partial charge in [0.2, 0.25) is 0 Å². The number of nitriles is 1. The first-order valence-corrected chi connectivity index (χ1v) is 10.8. The molecule has 0 saturated carbocycles. The molecule has 5 nitrogen and oxygen atoms in total. The number of allylic oxidation sites excluding steroid dienone is 1. The summed E-state index contributed by atoms with van der Waals surface area (Å²) in [5, 5.41) is 30.0. The molecule has 7 heteroatoms. The van der Waals surface area contributed by atoms with Crippen LogP contribution in [0.5, 0.6) is 0 Å². The maximum atomic E-state index is 9.67. The number of nitrogens with zero attached hydrogens (tertiary/aromatic N) is 3. The van der Waals surface area contributed by atoms with Crippen LogP contribution in [0.25, 0.3) is 32.0 Å². The molecule has 2 heterocycles. The zero-order valence-electron chi connectivity index (χ0n) is 15.6. The van der Waals surface area contributed by atoms with Gasteiger partial charge in [-0.05, 0) is 41.8 Å². The van der Waals surface area contributed by atoms with E-state index in [9.17, 15) is 15.5 Å². The van der Waals surface area contributed by atoms with Crippen LogP contribution in [0.3, 0.4) is 0 Å². The maximum Gasteiger partial charge on any atom is 0.135 e. The molecule has 29 heavy (non-hydrogen) atoms. The lowest BCUT2D eigenvalue weighted by Crippen LogP contribution is -2.29. The molecule has 146 valence electrons. The molecule has 0 amide bonds. The molecule has 0 bridgehead atoms. The summed E-state index contributed by atoms with van der Waals surface area (Å²) in [6.45, 7) is 1.01. The number of aromatic nitrogens is 1. The third-order valence-corrected chi connectivity index (χ3v) is 6.67. The van der Waals surface area contributed by atoms with Gasteiger partial charge in [0.05, 0.1) is 29.0 Å². The number of fused-ring (bicyclic) bond motifs is 2. The predicted molar refractivity (Wildman–Crippen MR) is 121 cm³/mol. The molecule has 4 aromatic rings. The van der Waals surface area contributed by atoms with E-state index in [1.165, 1.54) is 11.3 Å². The van der Waals surface area contributed by atoms with Gasteiger partial charge in [-0.2, -0.15) is 5.26 Å². The topological polar surface area (TPSA) is 80.4 Å². The Hall–Kier alpha value is -2.76. The van der Waals surface area contributed by atoms with Crippen LogP contribution in [-0.2, 0) is 0 Å². The second kappa shape index (κ2) is 8.72. The van der Waals surface area contributed by atoms with Crippen LogP contribution in [0.4, 0.5) is 5.69 Å². The van der Waals surface area contributed by atoms with Crippen LogP contribution in [0, 0.1) is 11.3 Å². The summed E-state index contributed by atoms with van der Waals surface area (Å²) >= 11 is 3.13. The Morgan fingerprint density at radius 3 is 2.55 bits per heavy atom. The fourth-order valence-corrected chi connectivity index (χ4v) is 5.16. The van der Waals surface area contributed by atoms with Crippen molar-refractivity contribution in [2.75, 3.05) is 31.2 Å². The van der Waals surface area contributed by atoms with Gasteiger partial charge in [0.15, 0.2) is 0 Å². The monoisotopic (exact) mass is 421 g/mol. The van der Waals surface area contributed by atoms with Gasteiger partial charge in [-0.3, -0.25) is 0 Å². The molecule has 0 aliphatic rings. The maximum absolute atomic E-state index is 9.67. The van der Waals surface area contributed by atoms with Gasteiger partial charge in [0.25, 0.3) is 0 Å². The molecule has 2 aromatic heterocycles. The second-order valence-corrected chi connectivity index (χ2v) is 8.61. The minimum absolute atomic E-state index is 0.0319. The third kappa shape index (κ3) is 4.16.